The van der Waals surface area contributed by atoms with Gasteiger partial charge in [0.2, 0.25) is 0 Å². The lowest BCUT2D eigenvalue weighted by Gasteiger charge is -2.31. The number of pyridine rings is 1. The zero-order chi connectivity index (χ0) is 17.6. The summed E-state index contributed by atoms with van der Waals surface area (Å²) in [5.41, 5.74) is 0.533. The van der Waals surface area contributed by atoms with Crippen molar-refractivity contribution in [3.05, 3.63) is 48.3 Å². The van der Waals surface area contributed by atoms with Gasteiger partial charge in [0, 0.05) is 44.1 Å². The number of aromatic nitrogens is 3. The first-order valence-corrected chi connectivity index (χ1v) is 9.01. The summed E-state index contributed by atoms with van der Waals surface area (Å²) in [6, 6.07) is 5.47. The fourth-order valence-corrected chi connectivity index (χ4v) is 3.42. The van der Waals surface area contributed by atoms with E-state index >= 15 is 0 Å². The molecule has 25 heavy (non-hydrogen) atoms. The summed E-state index contributed by atoms with van der Waals surface area (Å²) >= 11 is 0. The van der Waals surface area contributed by atoms with E-state index in [4.69, 9.17) is 0 Å². The quantitative estimate of drug-likeness (QED) is 0.809. The van der Waals surface area contributed by atoms with Gasteiger partial charge in [0.15, 0.2) is 0 Å². The van der Waals surface area contributed by atoms with Crippen molar-refractivity contribution >= 4 is 5.91 Å². The molecule has 134 valence electrons. The predicted molar refractivity (Wildman–Crippen MR) is 97.5 cm³/mol. The zero-order valence-electron chi connectivity index (χ0n) is 15.1. The Morgan fingerprint density at radius 3 is 2.68 bits per heavy atom. The van der Waals surface area contributed by atoms with Gasteiger partial charge in [0.1, 0.15) is 11.5 Å². The number of nitrogens with zero attached hydrogens (tertiary/aromatic N) is 5. The van der Waals surface area contributed by atoms with Crippen LogP contribution in [0.4, 0.5) is 0 Å². The van der Waals surface area contributed by atoms with Gasteiger partial charge < -0.3 is 14.4 Å². The van der Waals surface area contributed by atoms with E-state index < -0.39 is 0 Å². The fraction of sp³-hybridized carbons (Fsp3) is 0.526. The van der Waals surface area contributed by atoms with E-state index in [0.717, 1.165) is 45.4 Å². The zero-order valence-corrected chi connectivity index (χ0v) is 15.1. The normalized spacial score (nSPS) is 15.7. The fourth-order valence-electron chi connectivity index (χ4n) is 3.42. The lowest BCUT2D eigenvalue weighted by atomic mass is 9.95. The number of aryl methyl sites for hydroxylation is 1. The summed E-state index contributed by atoms with van der Waals surface area (Å²) in [5.74, 6) is 1.64. The third kappa shape index (κ3) is 4.45. The number of likely N-dealkylation sites (tertiary alicyclic amines) is 1. The first-order valence-electron chi connectivity index (χ1n) is 9.01. The van der Waals surface area contributed by atoms with E-state index in [1.54, 1.807) is 12.3 Å². The van der Waals surface area contributed by atoms with E-state index in [2.05, 4.69) is 39.7 Å². The standard InChI is InChI=1S/C19H27N5O/c1-22(2)11-5-12-23-15-10-21-18(23)16-7-13-24(14-8-16)19(25)17-6-3-4-9-20-17/h3-4,6,9-10,15-16H,5,7-8,11-14H2,1-2H3. The van der Waals surface area contributed by atoms with Gasteiger partial charge in [-0.1, -0.05) is 6.07 Å². The number of hydrogen-bond donors (Lipinski definition) is 0. The Bertz CT molecular complexity index is 674. The van der Waals surface area contributed by atoms with Crippen molar-refractivity contribution in [1.82, 2.24) is 24.3 Å². The molecule has 6 nitrogen and oxygen atoms in total. The van der Waals surface area contributed by atoms with Gasteiger partial charge >= 0.3 is 0 Å². The largest absolute Gasteiger partial charge is 0.337 e. The summed E-state index contributed by atoms with van der Waals surface area (Å²) in [4.78, 5) is 25.4. The van der Waals surface area contributed by atoms with E-state index in [1.165, 1.54) is 5.82 Å². The minimum Gasteiger partial charge on any atom is -0.337 e. The van der Waals surface area contributed by atoms with Crippen LogP contribution in [0.3, 0.4) is 0 Å². The van der Waals surface area contributed by atoms with Crippen molar-refractivity contribution in [2.24, 2.45) is 0 Å². The number of carbonyl (C=O) groups is 1. The van der Waals surface area contributed by atoms with Crippen LogP contribution in [0.1, 0.15) is 41.5 Å². The average Bonchev–Trinajstić information content (AvgIpc) is 3.10. The van der Waals surface area contributed by atoms with Crippen LogP contribution >= 0.6 is 0 Å². The van der Waals surface area contributed by atoms with Crippen LogP contribution in [-0.4, -0.2) is 64.0 Å². The minimum absolute atomic E-state index is 0.0355. The molecule has 0 bridgehead atoms. The van der Waals surface area contributed by atoms with Gasteiger partial charge in [-0.25, -0.2) is 4.98 Å². The molecule has 3 rings (SSSR count). The Balaban J connectivity index is 1.56. The van der Waals surface area contributed by atoms with Gasteiger partial charge in [0.05, 0.1) is 0 Å². The molecule has 3 heterocycles. The molecule has 0 spiro atoms. The Morgan fingerprint density at radius 1 is 1.20 bits per heavy atom. The minimum atomic E-state index is 0.0355. The topological polar surface area (TPSA) is 54.3 Å². The summed E-state index contributed by atoms with van der Waals surface area (Å²) < 4.78 is 2.28. The van der Waals surface area contributed by atoms with Crippen molar-refractivity contribution in [2.45, 2.75) is 31.7 Å². The summed E-state index contributed by atoms with van der Waals surface area (Å²) in [6.45, 7) is 3.62. The SMILES string of the molecule is CN(C)CCCn1ccnc1C1CCN(C(=O)c2ccccn2)CC1. The number of hydrogen-bond acceptors (Lipinski definition) is 4. The molecule has 2 aromatic rings. The van der Waals surface area contributed by atoms with Gasteiger partial charge in [-0.2, -0.15) is 0 Å². The molecule has 0 aliphatic carbocycles. The maximum Gasteiger partial charge on any atom is 0.272 e. The second-order valence-electron chi connectivity index (χ2n) is 6.92. The molecule has 2 aromatic heterocycles. The molecule has 0 aromatic carbocycles. The Morgan fingerprint density at radius 2 is 2.00 bits per heavy atom. The number of imidazole rings is 1. The second-order valence-corrected chi connectivity index (χ2v) is 6.92. The highest BCUT2D eigenvalue weighted by atomic mass is 16.2. The third-order valence-electron chi connectivity index (χ3n) is 4.78. The van der Waals surface area contributed by atoms with Gasteiger partial charge in [-0.15, -0.1) is 0 Å². The van der Waals surface area contributed by atoms with E-state index in [9.17, 15) is 4.79 Å². The van der Waals surface area contributed by atoms with Crippen molar-refractivity contribution in [2.75, 3.05) is 33.7 Å². The second kappa shape index (κ2) is 8.25. The van der Waals surface area contributed by atoms with Crippen LogP contribution in [0.25, 0.3) is 0 Å². The molecular formula is C19H27N5O. The van der Waals surface area contributed by atoms with Crippen molar-refractivity contribution in [3.63, 3.8) is 0 Å². The molecule has 1 aliphatic heterocycles. The van der Waals surface area contributed by atoms with Crippen LogP contribution in [0.15, 0.2) is 36.8 Å². The molecule has 0 saturated carbocycles. The van der Waals surface area contributed by atoms with Crippen LogP contribution in [0, 0.1) is 0 Å². The van der Waals surface area contributed by atoms with Crippen LogP contribution in [-0.2, 0) is 6.54 Å². The van der Waals surface area contributed by atoms with Crippen molar-refractivity contribution < 1.29 is 4.79 Å². The number of piperidine rings is 1. The van der Waals surface area contributed by atoms with Crippen molar-refractivity contribution in [1.29, 1.82) is 0 Å². The first-order chi connectivity index (χ1) is 12.1. The molecule has 6 heteroatoms. The lowest BCUT2D eigenvalue weighted by molar-refractivity contribution is 0.0704. The van der Waals surface area contributed by atoms with Crippen molar-refractivity contribution in [3.8, 4) is 0 Å². The maximum atomic E-state index is 12.5. The first kappa shape index (κ1) is 17.6. The van der Waals surface area contributed by atoms with Crippen LogP contribution in [0.5, 0.6) is 0 Å². The van der Waals surface area contributed by atoms with Gasteiger partial charge in [-0.05, 0) is 52.0 Å². The molecule has 0 unspecified atom stereocenters. The molecule has 0 N–H and O–H groups in total. The molecule has 0 atom stereocenters. The van der Waals surface area contributed by atoms with Gasteiger partial charge in [0.25, 0.3) is 5.91 Å². The highest BCUT2D eigenvalue weighted by Crippen LogP contribution is 2.27. The molecule has 1 fully saturated rings. The van der Waals surface area contributed by atoms with E-state index in [0.29, 0.717) is 11.6 Å². The summed E-state index contributed by atoms with van der Waals surface area (Å²) in [5, 5.41) is 0. The number of amides is 1. The monoisotopic (exact) mass is 341 g/mol. The van der Waals surface area contributed by atoms with Crippen LogP contribution in [0.2, 0.25) is 0 Å². The Hall–Kier alpha value is -2.21. The van der Waals surface area contributed by atoms with E-state index in [-0.39, 0.29) is 5.91 Å². The molecule has 1 aliphatic rings. The highest BCUT2D eigenvalue weighted by Gasteiger charge is 2.27. The molecule has 1 amide bonds. The number of carbonyl (C=O) groups excluding carboxylic acids is 1. The predicted octanol–water partition coefficient (Wildman–Crippen LogP) is 2.25. The third-order valence-corrected chi connectivity index (χ3v) is 4.78. The number of rotatable bonds is 6. The lowest BCUT2D eigenvalue weighted by Crippen LogP contribution is -2.38. The van der Waals surface area contributed by atoms with E-state index in [1.807, 2.05) is 23.2 Å². The average molecular weight is 341 g/mol. The summed E-state index contributed by atoms with van der Waals surface area (Å²) in [7, 11) is 4.20. The Kier molecular flexibility index (Phi) is 5.81. The molecular weight excluding hydrogens is 314 g/mol. The maximum absolute atomic E-state index is 12.5. The van der Waals surface area contributed by atoms with Gasteiger partial charge in [-0.3, -0.25) is 9.78 Å². The highest BCUT2D eigenvalue weighted by molar-refractivity contribution is 5.92. The molecule has 1 saturated heterocycles. The summed E-state index contributed by atoms with van der Waals surface area (Å²) in [6.07, 6.45) is 8.69. The Labute approximate surface area is 149 Å². The smallest absolute Gasteiger partial charge is 0.272 e. The van der Waals surface area contributed by atoms with Crippen LogP contribution < -0.4 is 0 Å². The molecule has 0 radical (unpaired) electrons.